The van der Waals surface area contributed by atoms with Crippen LogP contribution in [-0.4, -0.2) is 6.61 Å². The predicted octanol–water partition coefficient (Wildman–Crippen LogP) is 9.42. The molecule has 0 amide bonds. The van der Waals surface area contributed by atoms with Gasteiger partial charge in [-0.15, -0.1) is 0 Å². The molecule has 0 fully saturated rings. The third-order valence-electron chi connectivity index (χ3n) is 6.37. The molecule has 0 saturated heterocycles. The summed E-state index contributed by atoms with van der Waals surface area (Å²) in [5.74, 6) is -4.41. The Bertz CT molecular complexity index is 1370. The van der Waals surface area contributed by atoms with Gasteiger partial charge in [-0.1, -0.05) is 92.4 Å². The van der Waals surface area contributed by atoms with Crippen molar-refractivity contribution >= 4 is 0 Å². The smallest absolute Gasteiger partial charge is 0.204 e. The zero-order valence-electron chi connectivity index (χ0n) is 21.5. The lowest BCUT2D eigenvalue weighted by molar-refractivity contribution is 0.266. The summed E-state index contributed by atoms with van der Waals surface area (Å²) in [6.07, 6.45) is 3.90. The van der Waals surface area contributed by atoms with Crippen LogP contribution in [0, 0.1) is 30.2 Å². The van der Waals surface area contributed by atoms with E-state index in [2.05, 4.69) is 6.92 Å². The van der Waals surface area contributed by atoms with Gasteiger partial charge in [0.2, 0.25) is 11.6 Å². The molecule has 198 valence electrons. The SMILES string of the molecule is CCCCCCOc1ccc(OCc2ccc(-c3ccc(-c4ccc(C)cc4)c(F)c3F)cc2)c(F)c1F. The maximum absolute atomic E-state index is 14.9. The Morgan fingerprint density at radius 3 is 1.63 bits per heavy atom. The van der Waals surface area contributed by atoms with Crippen molar-refractivity contribution in [3.05, 3.63) is 107 Å². The summed E-state index contributed by atoms with van der Waals surface area (Å²) < 4.78 is 69.5. The third-order valence-corrected chi connectivity index (χ3v) is 6.37. The molecule has 0 radical (unpaired) electrons. The summed E-state index contributed by atoms with van der Waals surface area (Å²) in [6.45, 7) is 4.31. The molecule has 0 aromatic heterocycles. The Hall–Kier alpha value is -3.80. The van der Waals surface area contributed by atoms with E-state index >= 15 is 0 Å². The topological polar surface area (TPSA) is 18.5 Å². The fourth-order valence-electron chi connectivity index (χ4n) is 4.12. The van der Waals surface area contributed by atoms with Crippen LogP contribution in [0.3, 0.4) is 0 Å². The Balaban J connectivity index is 1.41. The van der Waals surface area contributed by atoms with Crippen molar-refractivity contribution in [2.24, 2.45) is 0 Å². The highest BCUT2D eigenvalue weighted by atomic mass is 19.2. The lowest BCUT2D eigenvalue weighted by Gasteiger charge is -2.12. The van der Waals surface area contributed by atoms with Crippen LogP contribution in [0.15, 0.2) is 72.8 Å². The molecule has 4 rings (SSSR count). The number of hydrogen-bond donors (Lipinski definition) is 0. The highest BCUT2D eigenvalue weighted by molar-refractivity contribution is 5.72. The Kier molecular flexibility index (Phi) is 9.06. The maximum Gasteiger partial charge on any atom is 0.204 e. The van der Waals surface area contributed by atoms with Gasteiger partial charge >= 0.3 is 0 Å². The van der Waals surface area contributed by atoms with Crippen molar-refractivity contribution in [3.8, 4) is 33.8 Å². The second kappa shape index (κ2) is 12.6. The molecule has 0 spiro atoms. The van der Waals surface area contributed by atoms with Crippen LogP contribution >= 0.6 is 0 Å². The number of rotatable bonds is 11. The molecule has 0 aliphatic rings. The van der Waals surface area contributed by atoms with Gasteiger partial charge in [0.05, 0.1) is 6.61 Å². The molecular formula is C32H30F4O2. The molecule has 0 saturated carbocycles. The van der Waals surface area contributed by atoms with E-state index in [4.69, 9.17) is 9.47 Å². The number of benzene rings is 4. The number of halogens is 4. The predicted molar refractivity (Wildman–Crippen MR) is 142 cm³/mol. The van der Waals surface area contributed by atoms with Crippen molar-refractivity contribution < 1.29 is 27.0 Å². The number of aryl methyl sites for hydroxylation is 1. The highest BCUT2D eigenvalue weighted by Gasteiger charge is 2.17. The molecule has 0 aliphatic carbocycles. The molecule has 0 aliphatic heterocycles. The van der Waals surface area contributed by atoms with Gasteiger partial charge in [-0.2, -0.15) is 8.78 Å². The molecular weight excluding hydrogens is 492 g/mol. The van der Waals surface area contributed by atoms with Crippen LogP contribution in [0.5, 0.6) is 11.5 Å². The summed E-state index contributed by atoms with van der Waals surface area (Å²) in [4.78, 5) is 0. The molecule has 0 N–H and O–H groups in total. The van der Waals surface area contributed by atoms with Crippen LogP contribution in [-0.2, 0) is 6.61 Å². The van der Waals surface area contributed by atoms with E-state index in [0.717, 1.165) is 31.2 Å². The van der Waals surface area contributed by atoms with Crippen molar-refractivity contribution in [3.63, 3.8) is 0 Å². The van der Waals surface area contributed by atoms with Gasteiger partial charge in [0.25, 0.3) is 0 Å². The second-order valence-electron chi connectivity index (χ2n) is 9.24. The lowest BCUT2D eigenvalue weighted by atomic mass is 9.98. The number of hydrogen-bond acceptors (Lipinski definition) is 2. The van der Waals surface area contributed by atoms with Gasteiger partial charge < -0.3 is 9.47 Å². The molecule has 2 nitrogen and oxygen atoms in total. The lowest BCUT2D eigenvalue weighted by Crippen LogP contribution is -2.03. The molecule has 0 bridgehead atoms. The van der Waals surface area contributed by atoms with Crippen molar-refractivity contribution in [1.82, 2.24) is 0 Å². The average Bonchev–Trinajstić information content (AvgIpc) is 2.93. The Morgan fingerprint density at radius 2 is 1.08 bits per heavy atom. The van der Waals surface area contributed by atoms with E-state index in [-0.39, 0.29) is 29.2 Å². The fraction of sp³-hybridized carbons (Fsp3) is 0.250. The first-order chi connectivity index (χ1) is 18.4. The summed E-state index contributed by atoms with van der Waals surface area (Å²) in [5, 5.41) is 0. The largest absolute Gasteiger partial charge is 0.490 e. The number of unbranched alkanes of at least 4 members (excludes halogenated alkanes) is 3. The Labute approximate surface area is 220 Å². The summed E-state index contributed by atoms with van der Waals surface area (Å²) in [6, 6.07) is 19.6. The fourth-order valence-corrected chi connectivity index (χ4v) is 4.12. The van der Waals surface area contributed by atoms with E-state index in [1.807, 2.05) is 19.1 Å². The normalized spacial score (nSPS) is 11.0. The second-order valence-corrected chi connectivity index (χ2v) is 9.24. The molecule has 4 aromatic carbocycles. The van der Waals surface area contributed by atoms with Gasteiger partial charge in [0, 0.05) is 11.1 Å². The zero-order valence-corrected chi connectivity index (χ0v) is 21.5. The molecule has 4 aromatic rings. The average molecular weight is 523 g/mol. The van der Waals surface area contributed by atoms with Crippen LogP contribution in [0.2, 0.25) is 0 Å². The van der Waals surface area contributed by atoms with Gasteiger partial charge in [-0.25, -0.2) is 8.78 Å². The number of ether oxygens (including phenoxy) is 2. The standard InChI is InChI=1S/C32H30F4O2/c1-3-4-5-6-19-37-27-17-18-28(32(36)31(27)35)38-20-22-9-13-24(14-10-22)26-16-15-25(29(33)30(26)34)23-11-7-21(2)8-12-23/h7-18H,3-6,19-20H2,1-2H3. The molecule has 38 heavy (non-hydrogen) atoms. The molecule has 0 atom stereocenters. The molecule has 0 heterocycles. The van der Waals surface area contributed by atoms with Gasteiger partial charge in [0.15, 0.2) is 23.1 Å². The van der Waals surface area contributed by atoms with E-state index in [9.17, 15) is 17.6 Å². The monoisotopic (exact) mass is 522 g/mol. The van der Waals surface area contributed by atoms with Crippen LogP contribution in [0.1, 0.15) is 43.7 Å². The Morgan fingerprint density at radius 1 is 0.553 bits per heavy atom. The van der Waals surface area contributed by atoms with Gasteiger partial charge in [0.1, 0.15) is 6.61 Å². The minimum absolute atomic E-state index is 0.0307. The summed E-state index contributed by atoms with van der Waals surface area (Å²) >= 11 is 0. The third kappa shape index (κ3) is 6.36. The first kappa shape index (κ1) is 27.2. The van der Waals surface area contributed by atoms with Crippen LogP contribution in [0.4, 0.5) is 17.6 Å². The van der Waals surface area contributed by atoms with Crippen LogP contribution < -0.4 is 9.47 Å². The zero-order chi connectivity index (χ0) is 27.1. The van der Waals surface area contributed by atoms with Crippen molar-refractivity contribution in [2.75, 3.05) is 6.61 Å². The van der Waals surface area contributed by atoms with Gasteiger partial charge in [-0.3, -0.25) is 0 Å². The van der Waals surface area contributed by atoms with E-state index in [1.54, 1.807) is 48.5 Å². The highest BCUT2D eigenvalue weighted by Crippen LogP contribution is 2.32. The summed E-state index contributed by atoms with van der Waals surface area (Å²) in [7, 11) is 0. The van der Waals surface area contributed by atoms with Crippen molar-refractivity contribution in [2.45, 2.75) is 46.1 Å². The minimum Gasteiger partial charge on any atom is -0.490 e. The van der Waals surface area contributed by atoms with Crippen molar-refractivity contribution in [1.29, 1.82) is 0 Å². The maximum atomic E-state index is 14.9. The first-order valence-electron chi connectivity index (χ1n) is 12.8. The first-order valence-corrected chi connectivity index (χ1v) is 12.8. The quantitative estimate of drug-likeness (QED) is 0.144. The van der Waals surface area contributed by atoms with E-state index in [0.29, 0.717) is 23.3 Å². The minimum atomic E-state index is -1.11. The van der Waals surface area contributed by atoms with E-state index < -0.39 is 23.3 Å². The summed E-state index contributed by atoms with van der Waals surface area (Å²) in [5.41, 5.74) is 3.09. The van der Waals surface area contributed by atoms with E-state index in [1.165, 1.54) is 12.1 Å². The molecule has 6 heteroatoms. The molecule has 0 unspecified atom stereocenters. The van der Waals surface area contributed by atoms with Gasteiger partial charge in [-0.05, 0) is 42.2 Å². The van der Waals surface area contributed by atoms with Crippen LogP contribution in [0.25, 0.3) is 22.3 Å².